The van der Waals surface area contributed by atoms with E-state index >= 15 is 0 Å². The fraction of sp³-hybridized carbons (Fsp3) is 0.467. The van der Waals surface area contributed by atoms with Crippen LogP contribution in [0.3, 0.4) is 0 Å². The number of amides is 1. The predicted octanol–water partition coefficient (Wildman–Crippen LogP) is 2.31. The maximum absolute atomic E-state index is 11.2. The van der Waals surface area contributed by atoms with Crippen molar-refractivity contribution in [3.8, 4) is 0 Å². The summed E-state index contributed by atoms with van der Waals surface area (Å²) in [7, 11) is 1.97. The fourth-order valence-corrected chi connectivity index (χ4v) is 2.55. The van der Waals surface area contributed by atoms with Crippen LogP contribution in [0.2, 0.25) is 5.02 Å². The lowest BCUT2D eigenvalue weighted by Crippen LogP contribution is -2.34. The zero-order valence-electron chi connectivity index (χ0n) is 12.5. The summed E-state index contributed by atoms with van der Waals surface area (Å²) in [5.74, 6) is 0.595. The first-order valence-corrected chi connectivity index (χ1v) is 7.50. The van der Waals surface area contributed by atoms with E-state index in [0.717, 1.165) is 36.2 Å². The largest absolute Gasteiger partial charge is 0.369 e. The molecule has 1 aromatic heterocycles. The molecule has 21 heavy (non-hydrogen) atoms. The summed E-state index contributed by atoms with van der Waals surface area (Å²) >= 11 is 6.00. The predicted molar refractivity (Wildman–Crippen MR) is 85.1 cm³/mol. The molecule has 0 spiro atoms. The van der Waals surface area contributed by atoms with Crippen molar-refractivity contribution in [3.63, 3.8) is 0 Å². The lowest BCUT2D eigenvalue weighted by Gasteiger charge is -2.19. The van der Waals surface area contributed by atoms with Gasteiger partial charge in [-0.2, -0.15) is 0 Å². The van der Waals surface area contributed by atoms with Crippen molar-refractivity contribution in [2.75, 3.05) is 13.1 Å². The van der Waals surface area contributed by atoms with E-state index in [9.17, 15) is 4.79 Å². The second-order valence-electron chi connectivity index (χ2n) is 5.25. The van der Waals surface area contributed by atoms with E-state index in [4.69, 9.17) is 17.3 Å². The Morgan fingerprint density at radius 2 is 2.24 bits per heavy atom. The molecule has 2 N–H and O–H groups in total. The van der Waals surface area contributed by atoms with Gasteiger partial charge in [0.2, 0.25) is 5.91 Å². The molecule has 0 fully saturated rings. The molecule has 0 saturated carbocycles. The molecule has 1 aromatic carbocycles. The van der Waals surface area contributed by atoms with Gasteiger partial charge in [-0.1, -0.05) is 24.9 Å². The summed E-state index contributed by atoms with van der Waals surface area (Å²) in [5.41, 5.74) is 7.23. The number of hydrogen-bond donors (Lipinski definition) is 1. The van der Waals surface area contributed by atoms with Crippen LogP contribution in [0.25, 0.3) is 11.0 Å². The van der Waals surface area contributed by atoms with E-state index in [0.29, 0.717) is 11.6 Å². The molecule has 1 heterocycles. The molecule has 0 unspecified atom stereocenters. The number of benzene rings is 1. The van der Waals surface area contributed by atoms with Crippen molar-refractivity contribution >= 4 is 28.5 Å². The second-order valence-corrected chi connectivity index (χ2v) is 5.69. The molecule has 2 rings (SSSR count). The lowest BCUT2D eigenvalue weighted by atomic mass is 10.3. The Morgan fingerprint density at radius 1 is 1.48 bits per heavy atom. The van der Waals surface area contributed by atoms with Gasteiger partial charge in [-0.15, -0.1) is 0 Å². The summed E-state index contributed by atoms with van der Waals surface area (Å²) in [6.07, 6.45) is 2.11. The van der Waals surface area contributed by atoms with Gasteiger partial charge in [0.05, 0.1) is 24.1 Å². The SMILES string of the molecule is CCCCN(CC(N)=O)Cc1nc2cc(Cl)ccc2n1C. The van der Waals surface area contributed by atoms with Gasteiger partial charge in [-0.3, -0.25) is 9.69 Å². The zero-order valence-corrected chi connectivity index (χ0v) is 13.2. The molecule has 6 heteroatoms. The highest BCUT2D eigenvalue weighted by Crippen LogP contribution is 2.20. The van der Waals surface area contributed by atoms with E-state index in [1.165, 1.54) is 0 Å². The highest BCUT2D eigenvalue weighted by Gasteiger charge is 2.14. The molecule has 0 bridgehead atoms. The van der Waals surface area contributed by atoms with Crippen LogP contribution in [-0.2, 0) is 18.4 Å². The third kappa shape index (κ3) is 3.95. The Morgan fingerprint density at radius 3 is 2.90 bits per heavy atom. The summed E-state index contributed by atoms with van der Waals surface area (Å²) in [6, 6.07) is 5.66. The minimum Gasteiger partial charge on any atom is -0.369 e. The van der Waals surface area contributed by atoms with Gasteiger partial charge in [-0.05, 0) is 31.2 Å². The van der Waals surface area contributed by atoms with Crippen molar-refractivity contribution < 1.29 is 4.79 Å². The molecular weight excluding hydrogens is 288 g/mol. The number of aromatic nitrogens is 2. The van der Waals surface area contributed by atoms with Crippen LogP contribution in [0.1, 0.15) is 25.6 Å². The smallest absolute Gasteiger partial charge is 0.231 e. The highest BCUT2D eigenvalue weighted by atomic mass is 35.5. The first-order valence-electron chi connectivity index (χ1n) is 7.12. The van der Waals surface area contributed by atoms with E-state index in [-0.39, 0.29) is 12.5 Å². The van der Waals surface area contributed by atoms with E-state index in [1.807, 2.05) is 34.7 Å². The number of nitrogens with zero attached hydrogens (tertiary/aromatic N) is 3. The minimum atomic E-state index is -0.312. The Labute approximate surface area is 129 Å². The number of carbonyl (C=O) groups excluding carboxylic acids is 1. The molecule has 114 valence electrons. The Kier molecular flexibility index (Phi) is 5.20. The molecule has 1 amide bonds. The second kappa shape index (κ2) is 6.91. The summed E-state index contributed by atoms with van der Waals surface area (Å²) in [4.78, 5) is 17.9. The van der Waals surface area contributed by atoms with Crippen LogP contribution in [0.15, 0.2) is 18.2 Å². The molecule has 0 aliphatic heterocycles. The molecule has 0 aliphatic carbocycles. The highest BCUT2D eigenvalue weighted by molar-refractivity contribution is 6.31. The van der Waals surface area contributed by atoms with Crippen LogP contribution < -0.4 is 5.73 Å². The number of carbonyl (C=O) groups is 1. The topological polar surface area (TPSA) is 64.2 Å². The fourth-order valence-electron chi connectivity index (χ4n) is 2.38. The third-order valence-corrected chi connectivity index (χ3v) is 3.74. The van der Waals surface area contributed by atoms with Crippen molar-refractivity contribution in [1.82, 2.24) is 14.5 Å². The number of fused-ring (bicyclic) bond motifs is 1. The third-order valence-electron chi connectivity index (χ3n) is 3.51. The van der Waals surface area contributed by atoms with Crippen LogP contribution >= 0.6 is 11.6 Å². The number of aryl methyl sites for hydroxylation is 1. The van der Waals surface area contributed by atoms with Crippen molar-refractivity contribution in [1.29, 1.82) is 0 Å². The van der Waals surface area contributed by atoms with Gasteiger partial charge in [0.25, 0.3) is 0 Å². The molecule has 0 radical (unpaired) electrons. The Bertz CT molecular complexity index is 638. The molecule has 0 atom stereocenters. The molecule has 0 saturated heterocycles. The van der Waals surface area contributed by atoms with Gasteiger partial charge in [0.1, 0.15) is 5.82 Å². The minimum absolute atomic E-state index is 0.254. The number of rotatable bonds is 7. The van der Waals surface area contributed by atoms with Crippen LogP contribution in [-0.4, -0.2) is 33.4 Å². The van der Waals surface area contributed by atoms with Crippen LogP contribution in [0.4, 0.5) is 0 Å². The van der Waals surface area contributed by atoms with Crippen molar-refractivity contribution in [3.05, 3.63) is 29.0 Å². The Hall–Kier alpha value is -1.59. The number of unbranched alkanes of at least 4 members (excludes halogenated alkanes) is 1. The molecule has 0 aliphatic rings. The first kappa shape index (κ1) is 15.8. The first-order chi connectivity index (χ1) is 10.0. The normalized spacial score (nSPS) is 11.4. The monoisotopic (exact) mass is 308 g/mol. The summed E-state index contributed by atoms with van der Waals surface area (Å²) in [5, 5.41) is 0.673. The Balaban J connectivity index is 2.23. The van der Waals surface area contributed by atoms with E-state index in [1.54, 1.807) is 0 Å². The number of primary amides is 1. The number of halogens is 1. The van der Waals surface area contributed by atoms with Crippen molar-refractivity contribution in [2.24, 2.45) is 12.8 Å². The van der Waals surface area contributed by atoms with Gasteiger partial charge in [0, 0.05) is 12.1 Å². The van der Waals surface area contributed by atoms with Gasteiger partial charge in [0.15, 0.2) is 0 Å². The maximum Gasteiger partial charge on any atom is 0.231 e. The zero-order chi connectivity index (χ0) is 15.4. The van der Waals surface area contributed by atoms with E-state index in [2.05, 4.69) is 11.9 Å². The average Bonchev–Trinajstić information content (AvgIpc) is 2.71. The van der Waals surface area contributed by atoms with Crippen molar-refractivity contribution in [2.45, 2.75) is 26.3 Å². The number of imidazole rings is 1. The number of hydrogen-bond acceptors (Lipinski definition) is 3. The summed E-state index contributed by atoms with van der Waals surface area (Å²) < 4.78 is 2.03. The molecular formula is C15H21ClN4O. The van der Waals surface area contributed by atoms with Gasteiger partial charge < -0.3 is 10.3 Å². The average molecular weight is 309 g/mol. The summed E-state index contributed by atoms with van der Waals surface area (Å²) in [6.45, 7) is 3.82. The van der Waals surface area contributed by atoms with E-state index < -0.39 is 0 Å². The van der Waals surface area contributed by atoms with Gasteiger partial charge in [-0.25, -0.2) is 4.98 Å². The molecule has 5 nitrogen and oxygen atoms in total. The van der Waals surface area contributed by atoms with Gasteiger partial charge >= 0.3 is 0 Å². The lowest BCUT2D eigenvalue weighted by molar-refractivity contribution is -0.119. The number of nitrogens with two attached hydrogens (primary N) is 1. The molecule has 2 aromatic rings. The maximum atomic E-state index is 11.2. The van der Waals surface area contributed by atoms with Crippen LogP contribution in [0, 0.1) is 0 Å². The standard InChI is InChI=1S/C15H21ClN4O/c1-3-4-7-20(9-14(17)21)10-15-18-12-8-11(16)5-6-13(12)19(15)2/h5-6,8H,3-4,7,9-10H2,1-2H3,(H2,17,21). The van der Waals surface area contributed by atoms with Crippen LogP contribution in [0.5, 0.6) is 0 Å². The quantitative estimate of drug-likeness (QED) is 0.853.